The molecule has 176 valence electrons. The molecule has 2 aromatic carbocycles. The zero-order chi connectivity index (χ0) is 23.8. The van der Waals surface area contributed by atoms with Crippen LogP contribution in [0.5, 0.6) is 0 Å². The third-order valence-electron chi connectivity index (χ3n) is 6.05. The van der Waals surface area contributed by atoms with Crippen molar-refractivity contribution in [3.05, 3.63) is 77.9 Å². The lowest BCUT2D eigenvalue weighted by Gasteiger charge is -2.48. The Bertz CT molecular complexity index is 938. The van der Waals surface area contributed by atoms with Gasteiger partial charge in [-0.3, -0.25) is 14.4 Å². The molecule has 0 aliphatic carbocycles. The van der Waals surface area contributed by atoms with E-state index in [-0.39, 0.29) is 6.42 Å². The van der Waals surface area contributed by atoms with Crippen LogP contribution in [0.1, 0.15) is 49.8 Å². The van der Waals surface area contributed by atoms with E-state index >= 15 is 0 Å². The van der Waals surface area contributed by atoms with Crippen molar-refractivity contribution in [2.24, 2.45) is 5.41 Å². The predicted molar refractivity (Wildman–Crippen MR) is 127 cm³/mol. The Hall–Kier alpha value is -3.12. The molecule has 2 unspecified atom stereocenters. The molecule has 0 spiro atoms. The van der Waals surface area contributed by atoms with E-state index in [1.807, 2.05) is 73.7 Å². The number of hydroxylamine groups is 1. The molecule has 6 heteroatoms. The quantitative estimate of drug-likeness (QED) is 0.234. The summed E-state index contributed by atoms with van der Waals surface area (Å²) in [7, 11) is 2.60. The first kappa shape index (κ1) is 24.5. The minimum Gasteiger partial charge on any atom is -0.468 e. The SMILES string of the molecule is CCCC/C=C/C1CC(C(=O)OC)(C(=O)OC)C(c2ccc(C)cc2)N(c2ccccc2)O1. The van der Waals surface area contributed by atoms with Gasteiger partial charge < -0.3 is 9.47 Å². The van der Waals surface area contributed by atoms with E-state index in [1.54, 1.807) is 5.06 Å². The van der Waals surface area contributed by atoms with Gasteiger partial charge in [0.1, 0.15) is 12.1 Å². The number of anilines is 1. The minimum atomic E-state index is -1.62. The number of methoxy groups -OCH3 is 2. The first-order chi connectivity index (χ1) is 16.0. The summed E-state index contributed by atoms with van der Waals surface area (Å²) in [5.41, 5.74) is 0.938. The second-order valence-corrected chi connectivity index (χ2v) is 8.35. The van der Waals surface area contributed by atoms with Gasteiger partial charge in [0.2, 0.25) is 0 Å². The number of allylic oxidation sites excluding steroid dienone is 1. The summed E-state index contributed by atoms with van der Waals surface area (Å²) in [4.78, 5) is 33.2. The van der Waals surface area contributed by atoms with Crippen LogP contribution in [0.15, 0.2) is 66.7 Å². The second kappa shape index (κ2) is 11.1. The fraction of sp³-hybridized carbons (Fsp3) is 0.407. The molecule has 1 saturated heterocycles. The summed E-state index contributed by atoms with van der Waals surface area (Å²) in [6.45, 7) is 4.12. The van der Waals surface area contributed by atoms with Crippen LogP contribution in [0, 0.1) is 12.3 Å². The number of carbonyl (C=O) groups excluding carboxylic acids is 2. The maximum atomic E-state index is 13.4. The van der Waals surface area contributed by atoms with E-state index in [9.17, 15) is 9.59 Å². The van der Waals surface area contributed by atoms with Crippen LogP contribution in [0.4, 0.5) is 5.69 Å². The van der Waals surface area contributed by atoms with Crippen molar-refractivity contribution in [1.29, 1.82) is 0 Å². The summed E-state index contributed by atoms with van der Waals surface area (Å²) < 4.78 is 10.4. The molecule has 1 fully saturated rings. The maximum absolute atomic E-state index is 13.4. The summed E-state index contributed by atoms with van der Waals surface area (Å²) in [5.74, 6) is -1.28. The van der Waals surface area contributed by atoms with Crippen molar-refractivity contribution in [1.82, 2.24) is 0 Å². The van der Waals surface area contributed by atoms with Gasteiger partial charge in [-0.15, -0.1) is 0 Å². The Balaban J connectivity index is 2.20. The van der Waals surface area contributed by atoms with Gasteiger partial charge in [0.15, 0.2) is 5.41 Å². The molecule has 33 heavy (non-hydrogen) atoms. The van der Waals surface area contributed by atoms with Crippen LogP contribution in [0.3, 0.4) is 0 Å². The van der Waals surface area contributed by atoms with E-state index in [0.717, 1.165) is 36.1 Å². The highest BCUT2D eigenvalue weighted by atomic mass is 16.7. The van der Waals surface area contributed by atoms with E-state index in [2.05, 4.69) is 6.92 Å². The van der Waals surface area contributed by atoms with Crippen molar-refractivity contribution in [2.45, 2.75) is 51.7 Å². The maximum Gasteiger partial charge on any atom is 0.325 e. The lowest BCUT2D eigenvalue weighted by Crippen LogP contribution is -2.58. The number of para-hydroxylation sites is 1. The van der Waals surface area contributed by atoms with Crippen LogP contribution in [-0.2, 0) is 23.9 Å². The highest BCUT2D eigenvalue weighted by Gasteiger charge is 2.61. The molecule has 0 radical (unpaired) electrons. The molecule has 2 atom stereocenters. The Morgan fingerprint density at radius 2 is 1.70 bits per heavy atom. The van der Waals surface area contributed by atoms with E-state index in [4.69, 9.17) is 14.3 Å². The molecule has 1 aliphatic heterocycles. The third kappa shape index (κ3) is 5.11. The van der Waals surface area contributed by atoms with Gasteiger partial charge >= 0.3 is 11.9 Å². The molecular weight excluding hydrogens is 418 g/mol. The largest absolute Gasteiger partial charge is 0.468 e. The standard InChI is InChI=1S/C27H33NO5/c1-5-6-7-11-14-23-19-27(25(29)31-3,26(30)32-4)24(21-17-15-20(2)16-18-21)28(33-23)22-12-9-8-10-13-22/h8-18,23-24H,5-7,19H2,1-4H3/b14-11+. The Labute approximate surface area is 196 Å². The van der Waals surface area contributed by atoms with Crippen molar-refractivity contribution in [2.75, 3.05) is 19.3 Å². The zero-order valence-electron chi connectivity index (χ0n) is 19.8. The fourth-order valence-corrected chi connectivity index (χ4v) is 4.34. The van der Waals surface area contributed by atoms with Gasteiger partial charge in [-0.2, -0.15) is 0 Å². The number of nitrogens with zero attached hydrogens (tertiary/aromatic N) is 1. The first-order valence-electron chi connectivity index (χ1n) is 11.4. The average Bonchev–Trinajstić information content (AvgIpc) is 2.86. The number of unbranched alkanes of at least 4 members (excludes halogenated alkanes) is 2. The predicted octanol–water partition coefficient (Wildman–Crippen LogP) is 5.33. The van der Waals surface area contributed by atoms with Crippen LogP contribution in [-0.4, -0.2) is 32.3 Å². The monoisotopic (exact) mass is 451 g/mol. The number of hydrogen-bond acceptors (Lipinski definition) is 6. The van der Waals surface area contributed by atoms with E-state index in [0.29, 0.717) is 0 Å². The Morgan fingerprint density at radius 3 is 2.27 bits per heavy atom. The van der Waals surface area contributed by atoms with Gasteiger partial charge in [0.25, 0.3) is 0 Å². The molecule has 0 aromatic heterocycles. The minimum absolute atomic E-state index is 0.108. The van der Waals surface area contributed by atoms with Gasteiger partial charge in [-0.25, -0.2) is 5.06 Å². The summed E-state index contributed by atoms with van der Waals surface area (Å²) in [5, 5.41) is 1.66. The Kier molecular flexibility index (Phi) is 8.28. The van der Waals surface area contributed by atoms with Crippen molar-refractivity contribution < 1.29 is 23.9 Å². The molecule has 2 aromatic rings. The highest BCUT2D eigenvalue weighted by Crippen LogP contribution is 2.50. The molecule has 0 bridgehead atoms. The van der Waals surface area contributed by atoms with Crippen molar-refractivity contribution >= 4 is 17.6 Å². The van der Waals surface area contributed by atoms with Crippen molar-refractivity contribution in [3.8, 4) is 0 Å². The number of benzene rings is 2. The molecule has 0 saturated carbocycles. The normalized spacial score (nSPS) is 19.9. The smallest absolute Gasteiger partial charge is 0.325 e. The van der Waals surface area contributed by atoms with Crippen LogP contribution < -0.4 is 5.06 Å². The second-order valence-electron chi connectivity index (χ2n) is 8.35. The molecule has 1 aliphatic rings. The number of hydrogen-bond donors (Lipinski definition) is 0. The first-order valence-corrected chi connectivity index (χ1v) is 11.4. The topological polar surface area (TPSA) is 65.1 Å². The van der Waals surface area contributed by atoms with Crippen LogP contribution in [0.25, 0.3) is 0 Å². The summed E-state index contributed by atoms with van der Waals surface area (Å²) in [6.07, 6.45) is 6.60. The molecule has 0 amide bonds. The highest BCUT2D eigenvalue weighted by molar-refractivity contribution is 6.02. The number of esters is 2. The molecule has 0 N–H and O–H groups in total. The van der Waals surface area contributed by atoms with E-state index < -0.39 is 29.5 Å². The van der Waals surface area contributed by atoms with Gasteiger partial charge in [-0.1, -0.05) is 79.9 Å². The van der Waals surface area contributed by atoms with Crippen LogP contribution >= 0.6 is 0 Å². The lowest BCUT2D eigenvalue weighted by atomic mass is 9.71. The van der Waals surface area contributed by atoms with Crippen LogP contribution in [0.2, 0.25) is 0 Å². The lowest BCUT2D eigenvalue weighted by molar-refractivity contribution is -0.183. The molecule has 3 rings (SSSR count). The molecule has 1 heterocycles. The van der Waals surface area contributed by atoms with Crippen molar-refractivity contribution in [3.63, 3.8) is 0 Å². The summed E-state index contributed by atoms with van der Waals surface area (Å²) in [6, 6.07) is 16.4. The van der Waals surface area contributed by atoms with E-state index in [1.165, 1.54) is 14.2 Å². The number of ether oxygens (including phenoxy) is 2. The number of rotatable bonds is 8. The van der Waals surface area contributed by atoms with Gasteiger partial charge in [0, 0.05) is 6.42 Å². The van der Waals surface area contributed by atoms with Gasteiger partial charge in [0.05, 0.1) is 19.9 Å². The zero-order valence-corrected chi connectivity index (χ0v) is 19.8. The number of aryl methyl sites for hydroxylation is 1. The Morgan fingerprint density at radius 1 is 1.06 bits per heavy atom. The molecule has 6 nitrogen and oxygen atoms in total. The summed E-state index contributed by atoms with van der Waals surface area (Å²) >= 11 is 0. The third-order valence-corrected chi connectivity index (χ3v) is 6.05. The van der Waals surface area contributed by atoms with Gasteiger partial charge in [-0.05, 0) is 31.0 Å². The number of carbonyl (C=O) groups is 2. The fourth-order valence-electron chi connectivity index (χ4n) is 4.34. The average molecular weight is 452 g/mol. The molecular formula is C27H33NO5.